The van der Waals surface area contributed by atoms with Crippen LogP contribution >= 0.6 is 11.5 Å². The highest BCUT2D eigenvalue weighted by Crippen LogP contribution is 2.23. The summed E-state index contributed by atoms with van der Waals surface area (Å²) in [6.07, 6.45) is 6.07. The van der Waals surface area contributed by atoms with Crippen molar-refractivity contribution >= 4 is 11.5 Å². The molecule has 0 saturated carbocycles. The van der Waals surface area contributed by atoms with Crippen molar-refractivity contribution in [2.45, 2.75) is 45.2 Å². The van der Waals surface area contributed by atoms with Gasteiger partial charge in [-0.05, 0) is 30.9 Å². The van der Waals surface area contributed by atoms with Crippen LogP contribution in [0, 0.1) is 0 Å². The SMILES string of the molecule is CC(C)c1nsc(CN2CCCC(n3ccnn3)C2)n1. The van der Waals surface area contributed by atoms with Crippen molar-refractivity contribution in [3.8, 4) is 0 Å². The van der Waals surface area contributed by atoms with Gasteiger partial charge in [-0.2, -0.15) is 4.37 Å². The molecule has 0 amide bonds. The zero-order valence-electron chi connectivity index (χ0n) is 11.9. The van der Waals surface area contributed by atoms with Gasteiger partial charge in [0, 0.05) is 18.7 Å². The lowest BCUT2D eigenvalue weighted by Crippen LogP contribution is -2.36. The van der Waals surface area contributed by atoms with Crippen molar-refractivity contribution in [2.24, 2.45) is 0 Å². The number of nitrogens with zero attached hydrogens (tertiary/aromatic N) is 6. The smallest absolute Gasteiger partial charge is 0.145 e. The first-order valence-electron chi connectivity index (χ1n) is 7.13. The lowest BCUT2D eigenvalue weighted by atomic mass is 10.1. The van der Waals surface area contributed by atoms with Crippen LogP contribution in [-0.2, 0) is 6.54 Å². The second-order valence-corrected chi connectivity index (χ2v) is 6.45. The Bertz CT molecular complexity index is 535. The Hall–Kier alpha value is -1.34. The van der Waals surface area contributed by atoms with E-state index >= 15 is 0 Å². The summed E-state index contributed by atoms with van der Waals surface area (Å²) >= 11 is 1.53. The molecule has 1 unspecified atom stereocenters. The molecule has 0 N–H and O–H groups in total. The number of piperidine rings is 1. The molecule has 1 saturated heterocycles. The van der Waals surface area contributed by atoms with Crippen LogP contribution in [0.3, 0.4) is 0 Å². The maximum Gasteiger partial charge on any atom is 0.145 e. The van der Waals surface area contributed by atoms with Gasteiger partial charge >= 0.3 is 0 Å². The molecule has 3 rings (SSSR count). The largest absolute Gasteiger partial charge is 0.294 e. The summed E-state index contributed by atoms with van der Waals surface area (Å²) in [6.45, 7) is 7.30. The molecule has 20 heavy (non-hydrogen) atoms. The van der Waals surface area contributed by atoms with E-state index in [4.69, 9.17) is 0 Å². The van der Waals surface area contributed by atoms with E-state index < -0.39 is 0 Å². The fourth-order valence-electron chi connectivity index (χ4n) is 2.56. The van der Waals surface area contributed by atoms with Gasteiger partial charge in [-0.1, -0.05) is 19.1 Å². The molecule has 3 heterocycles. The lowest BCUT2D eigenvalue weighted by Gasteiger charge is -2.31. The molecule has 0 aromatic carbocycles. The van der Waals surface area contributed by atoms with E-state index in [0.29, 0.717) is 12.0 Å². The first-order valence-corrected chi connectivity index (χ1v) is 7.90. The van der Waals surface area contributed by atoms with Crippen LogP contribution in [0.4, 0.5) is 0 Å². The summed E-state index contributed by atoms with van der Waals surface area (Å²) in [5.41, 5.74) is 0. The standard InChI is InChI=1S/C13H20N6S/c1-10(2)13-15-12(20-16-13)9-18-6-3-4-11(8-18)19-7-5-14-17-19/h5,7,10-11H,3-4,6,8-9H2,1-2H3. The minimum Gasteiger partial charge on any atom is -0.294 e. The molecule has 1 aliphatic rings. The third-order valence-electron chi connectivity index (χ3n) is 3.65. The number of rotatable bonds is 4. The average Bonchev–Trinajstić information content (AvgIpc) is 3.10. The molecule has 0 bridgehead atoms. The maximum absolute atomic E-state index is 4.62. The van der Waals surface area contributed by atoms with Gasteiger partial charge in [0.15, 0.2) is 0 Å². The number of aromatic nitrogens is 5. The van der Waals surface area contributed by atoms with E-state index in [0.717, 1.165) is 30.5 Å². The zero-order valence-corrected chi connectivity index (χ0v) is 12.8. The Morgan fingerprint density at radius 2 is 2.35 bits per heavy atom. The Morgan fingerprint density at radius 3 is 3.05 bits per heavy atom. The predicted octanol–water partition coefficient (Wildman–Crippen LogP) is 2.09. The Kier molecular flexibility index (Phi) is 4.07. The molecule has 108 valence electrons. The molecule has 0 spiro atoms. The molecule has 7 heteroatoms. The van der Waals surface area contributed by atoms with Crippen LogP contribution < -0.4 is 0 Å². The van der Waals surface area contributed by atoms with E-state index in [2.05, 4.69) is 38.4 Å². The van der Waals surface area contributed by atoms with E-state index in [9.17, 15) is 0 Å². The fourth-order valence-corrected chi connectivity index (χ4v) is 3.39. The van der Waals surface area contributed by atoms with E-state index in [-0.39, 0.29) is 0 Å². The van der Waals surface area contributed by atoms with Gasteiger partial charge in [0.25, 0.3) is 0 Å². The topological polar surface area (TPSA) is 59.7 Å². The van der Waals surface area contributed by atoms with E-state index in [1.54, 1.807) is 6.20 Å². The number of hydrogen-bond donors (Lipinski definition) is 0. The van der Waals surface area contributed by atoms with Crippen molar-refractivity contribution in [2.75, 3.05) is 13.1 Å². The fraction of sp³-hybridized carbons (Fsp3) is 0.692. The second-order valence-electron chi connectivity index (χ2n) is 5.62. The monoisotopic (exact) mass is 292 g/mol. The third kappa shape index (κ3) is 3.04. The Labute approximate surface area is 123 Å². The van der Waals surface area contributed by atoms with Crippen molar-refractivity contribution in [1.82, 2.24) is 29.3 Å². The van der Waals surface area contributed by atoms with Gasteiger partial charge in [-0.15, -0.1) is 5.10 Å². The molecular formula is C13H20N6S. The molecule has 0 aliphatic carbocycles. The third-order valence-corrected chi connectivity index (χ3v) is 4.36. The van der Waals surface area contributed by atoms with Gasteiger partial charge in [-0.25, -0.2) is 9.67 Å². The molecular weight excluding hydrogens is 272 g/mol. The normalized spacial score (nSPS) is 20.6. The summed E-state index contributed by atoms with van der Waals surface area (Å²) in [5, 5.41) is 9.15. The van der Waals surface area contributed by atoms with Gasteiger partial charge in [-0.3, -0.25) is 4.90 Å². The first-order chi connectivity index (χ1) is 9.72. The number of likely N-dealkylation sites (tertiary alicyclic amines) is 1. The molecule has 1 atom stereocenters. The van der Waals surface area contributed by atoms with Crippen LogP contribution in [0.25, 0.3) is 0 Å². The van der Waals surface area contributed by atoms with Gasteiger partial charge in [0.2, 0.25) is 0 Å². The van der Waals surface area contributed by atoms with Crippen molar-refractivity contribution in [3.05, 3.63) is 23.2 Å². The molecule has 6 nitrogen and oxygen atoms in total. The first kappa shape index (κ1) is 13.6. The quantitative estimate of drug-likeness (QED) is 0.863. The van der Waals surface area contributed by atoms with Crippen LogP contribution in [0.15, 0.2) is 12.4 Å². The number of hydrogen-bond acceptors (Lipinski definition) is 6. The highest BCUT2D eigenvalue weighted by atomic mass is 32.1. The average molecular weight is 292 g/mol. The summed E-state index contributed by atoms with van der Waals surface area (Å²) in [7, 11) is 0. The van der Waals surface area contributed by atoms with E-state index in [1.807, 2.05) is 10.9 Å². The second kappa shape index (κ2) is 5.97. The summed E-state index contributed by atoms with van der Waals surface area (Å²) in [6, 6.07) is 0.434. The van der Waals surface area contributed by atoms with Crippen molar-refractivity contribution in [1.29, 1.82) is 0 Å². The van der Waals surface area contributed by atoms with Crippen molar-refractivity contribution in [3.63, 3.8) is 0 Å². The minimum absolute atomic E-state index is 0.407. The van der Waals surface area contributed by atoms with Crippen LogP contribution in [0.2, 0.25) is 0 Å². The Balaban J connectivity index is 1.62. The van der Waals surface area contributed by atoms with Crippen molar-refractivity contribution < 1.29 is 0 Å². The van der Waals surface area contributed by atoms with Crippen LogP contribution in [0.1, 0.15) is 49.5 Å². The molecule has 2 aromatic rings. The highest BCUT2D eigenvalue weighted by Gasteiger charge is 2.22. The molecule has 1 aliphatic heterocycles. The van der Waals surface area contributed by atoms with E-state index in [1.165, 1.54) is 24.4 Å². The molecule has 1 fully saturated rings. The van der Waals surface area contributed by atoms with Crippen LogP contribution in [0.5, 0.6) is 0 Å². The summed E-state index contributed by atoms with van der Waals surface area (Å²) < 4.78 is 6.40. The maximum atomic E-state index is 4.62. The zero-order chi connectivity index (χ0) is 13.9. The highest BCUT2D eigenvalue weighted by molar-refractivity contribution is 7.05. The lowest BCUT2D eigenvalue weighted by molar-refractivity contribution is 0.161. The van der Waals surface area contributed by atoms with Crippen LogP contribution in [-0.4, -0.2) is 42.3 Å². The molecule has 2 aromatic heterocycles. The Morgan fingerprint density at radius 1 is 1.45 bits per heavy atom. The molecule has 0 radical (unpaired) electrons. The van der Waals surface area contributed by atoms with Gasteiger partial charge in [0.05, 0.1) is 18.8 Å². The predicted molar refractivity (Wildman–Crippen MR) is 77.6 cm³/mol. The summed E-state index contributed by atoms with van der Waals surface area (Å²) in [5.74, 6) is 1.37. The van der Waals surface area contributed by atoms with Gasteiger partial charge < -0.3 is 0 Å². The summed E-state index contributed by atoms with van der Waals surface area (Å²) in [4.78, 5) is 7.07. The van der Waals surface area contributed by atoms with Gasteiger partial charge in [0.1, 0.15) is 10.8 Å². The minimum atomic E-state index is 0.407.